The van der Waals surface area contributed by atoms with Crippen LogP contribution in [0.2, 0.25) is 0 Å². The maximum Gasteiger partial charge on any atom is 0.151 e. The number of aromatic nitrogens is 3. The second kappa shape index (κ2) is 8.56. The molecular formula is C23H30N4S. The lowest BCUT2D eigenvalue weighted by atomic mass is 10.2. The molecule has 0 unspecified atom stereocenters. The smallest absolute Gasteiger partial charge is 0.151 e. The second-order valence-electron chi connectivity index (χ2n) is 7.95. The highest BCUT2D eigenvalue weighted by Gasteiger charge is 2.26. The summed E-state index contributed by atoms with van der Waals surface area (Å²) >= 11 is 1.95. The van der Waals surface area contributed by atoms with E-state index in [1.165, 1.54) is 59.7 Å². The van der Waals surface area contributed by atoms with E-state index < -0.39 is 0 Å². The number of fused-ring (bicyclic) bond motifs is 1. The zero-order valence-electron chi connectivity index (χ0n) is 16.9. The van der Waals surface area contributed by atoms with Gasteiger partial charge in [-0.15, -0.1) is 11.8 Å². The van der Waals surface area contributed by atoms with Gasteiger partial charge in [0, 0.05) is 23.6 Å². The largest absolute Gasteiger partial charge is 0.382 e. The number of imidazole rings is 1. The van der Waals surface area contributed by atoms with Crippen molar-refractivity contribution in [3.8, 4) is 0 Å². The lowest BCUT2D eigenvalue weighted by Crippen LogP contribution is -2.07. The molecule has 0 radical (unpaired) electrons. The van der Waals surface area contributed by atoms with Gasteiger partial charge >= 0.3 is 0 Å². The summed E-state index contributed by atoms with van der Waals surface area (Å²) in [5.74, 6) is 3.78. The molecule has 0 aliphatic heterocycles. The first-order valence-electron chi connectivity index (χ1n) is 10.4. The van der Waals surface area contributed by atoms with Gasteiger partial charge in [0.1, 0.15) is 11.3 Å². The first-order chi connectivity index (χ1) is 13.6. The van der Waals surface area contributed by atoms with Gasteiger partial charge in [0.05, 0.1) is 5.52 Å². The van der Waals surface area contributed by atoms with Crippen LogP contribution >= 0.6 is 11.8 Å². The van der Waals surface area contributed by atoms with Crippen LogP contribution < -0.4 is 5.73 Å². The van der Waals surface area contributed by atoms with Crippen LogP contribution in [0.25, 0.3) is 11.0 Å². The van der Waals surface area contributed by atoms with Gasteiger partial charge in [-0.05, 0) is 68.9 Å². The van der Waals surface area contributed by atoms with E-state index in [2.05, 4.69) is 46.8 Å². The molecule has 1 saturated carbocycles. The van der Waals surface area contributed by atoms with Crippen molar-refractivity contribution < 1.29 is 0 Å². The van der Waals surface area contributed by atoms with Gasteiger partial charge in [-0.25, -0.2) is 9.97 Å². The molecule has 1 aromatic carbocycles. The predicted octanol–water partition coefficient (Wildman–Crippen LogP) is 5.55. The number of nitrogens with two attached hydrogens (primary N) is 1. The molecule has 0 amide bonds. The zero-order valence-corrected chi connectivity index (χ0v) is 17.8. The quantitative estimate of drug-likeness (QED) is 0.382. The van der Waals surface area contributed by atoms with E-state index in [0.29, 0.717) is 5.82 Å². The summed E-state index contributed by atoms with van der Waals surface area (Å²) in [6, 6.07) is 10.7. The molecule has 5 heteroatoms. The van der Waals surface area contributed by atoms with Crippen molar-refractivity contribution in [2.75, 3.05) is 11.5 Å². The number of anilines is 1. The van der Waals surface area contributed by atoms with E-state index in [9.17, 15) is 0 Å². The molecule has 2 N–H and O–H groups in total. The maximum atomic E-state index is 6.21. The summed E-state index contributed by atoms with van der Waals surface area (Å²) < 4.78 is 2.44. The Labute approximate surface area is 172 Å². The minimum atomic E-state index is 0.577. The van der Waals surface area contributed by atoms with Gasteiger partial charge in [-0.3, -0.25) is 0 Å². The van der Waals surface area contributed by atoms with Gasteiger partial charge in [0.15, 0.2) is 5.82 Å². The number of thioether (sulfide) groups is 1. The molecule has 2 aromatic heterocycles. The van der Waals surface area contributed by atoms with Crippen LogP contribution in [0.5, 0.6) is 0 Å². The van der Waals surface area contributed by atoms with E-state index in [1.807, 2.05) is 18.7 Å². The highest BCUT2D eigenvalue weighted by atomic mass is 32.2. The molecule has 28 heavy (non-hydrogen) atoms. The Balaban J connectivity index is 1.41. The number of nitrogens with zero attached hydrogens (tertiary/aromatic N) is 3. The molecule has 0 bridgehead atoms. The number of aryl methyl sites for hydroxylation is 3. The summed E-state index contributed by atoms with van der Waals surface area (Å²) in [6.45, 7) is 5.22. The molecule has 3 aromatic rings. The summed E-state index contributed by atoms with van der Waals surface area (Å²) in [7, 11) is 0. The highest BCUT2D eigenvalue weighted by Crippen LogP contribution is 2.35. The van der Waals surface area contributed by atoms with Gasteiger partial charge in [0.2, 0.25) is 0 Å². The molecule has 2 heterocycles. The van der Waals surface area contributed by atoms with Crippen LogP contribution in [-0.2, 0) is 13.0 Å². The molecule has 0 spiro atoms. The summed E-state index contributed by atoms with van der Waals surface area (Å²) in [6.07, 6.45) is 7.42. The SMILES string of the molecule is Cc1nc(N)c2nc(CC3CC3)n(CCCCCSc3ccccc3)c2c1C. The lowest BCUT2D eigenvalue weighted by Gasteiger charge is -2.12. The second-order valence-corrected chi connectivity index (χ2v) is 9.12. The number of pyridine rings is 1. The highest BCUT2D eigenvalue weighted by molar-refractivity contribution is 7.99. The van der Waals surface area contributed by atoms with Gasteiger partial charge in [-0.1, -0.05) is 24.6 Å². The monoisotopic (exact) mass is 394 g/mol. The molecule has 0 saturated heterocycles. The fourth-order valence-electron chi connectivity index (χ4n) is 3.78. The average molecular weight is 395 g/mol. The van der Waals surface area contributed by atoms with Crippen LogP contribution in [0.3, 0.4) is 0 Å². The Morgan fingerprint density at radius 1 is 1.07 bits per heavy atom. The summed E-state index contributed by atoms with van der Waals surface area (Å²) in [5.41, 5.74) is 10.6. The molecule has 1 fully saturated rings. The van der Waals surface area contributed by atoms with Crippen molar-refractivity contribution >= 4 is 28.6 Å². The summed E-state index contributed by atoms with van der Waals surface area (Å²) in [5, 5.41) is 0. The number of rotatable bonds is 9. The molecule has 1 aliphatic rings. The van der Waals surface area contributed by atoms with E-state index >= 15 is 0 Å². The summed E-state index contributed by atoms with van der Waals surface area (Å²) in [4.78, 5) is 10.8. The van der Waals surface area contributed by atoms with Crippen LogP contribution in [0.1, 0.15) is 49.2 Å². The fourth-order valence-corrected chi connectivity index (χ4v) is 4.71. The van der Waals surface area contributed by atoms with Crippen molar-refractivity contribution in [2.24, 2.45) is 5.92 Å². The number of unbranched alkanes of at least 4 members (excludes halogenated alkanes) is 2. The van der Waals surface area contributed by atoms with Gasteiger partial charge < -0.3 is 10.3 Å². The predicted molar refractivity (Wildman–Crippen MR) is 119 cm³/mol. The van der Waals surface area contributed by atoms with Gasteiger partial charge in [-0.2, -0.15) is 0 Å². The first kappa shape index (κ1) is 19.3. The van der Waals surface area contributed by atoms with Crippen LogP contribution in [0, 0.1) is 19.8 Å². The van der Waals surface area contributed by atoms with Crippen LogP contribution in [-0.4, -0.2) is 20.3 Å². The standard InChI is InChI=1S/C23H30N4S/c1-16-17(2)25-23(24)21-22(16)27(20(26-21)15-18-11-12-18)13-7-4-8-14-28-19-9-5-3-6-10-19/h3,5-6,9-10,18H,4,7-8,11-15H2,1-2H3,(H2,24,25). The van der Waals surface area contributed by atoms with Crippen molar-refractivity contribution in [3.63, 3.8) is 0 Å². The van der Waals surface area contributed by atoms with Crippen molar-refractivity contribution in [1.29, 1.82) is 0 Å². The molecule has 4 rings (SSSR count). The molecule has 1 aliphatic carbocycles. The minimum absolute atomic E-state index is 0.577. The third kappa shape index (κ3) is 4.35. The van der Waals surface area contributed by atoms with Crippen LogP contribution in [0.4, 0.5) is 5.82 Å². The molecule has 148 valence electrons. The lowest BCUT2D eigenvalue weighted by molar-refractivity contribution is 0.582. The first-order valence-corrected chi connectivity index (χ1v) is 11.4. The molecular weight excluding hydrogens is 364 g/mol. The number of nitrogen functional groups attached to an aromatic ring is 1. The molecule has 4 nitrogen and oxygen atoms in total. The number of hydrogen-bond acceptors (Lipinski definition) is 4. The Morgan fingerprint density at radius 3 is 2.61 bits per heavy atom. The van der Waals surface area contributed by atoms with E-state index in [-0.39, 0.29) is 0 Å². The van der Waals surface area contributed by atoms with Crippen molar-refractivity contribution in [2.45, 2.75) is 63.8 Å². The van der Waals surface area contributed by atoms with E-state index in [1.54, 1.807) is 0 Å². The zero-order chi connectivity index (χ0) is 19.5. The fraction of sp³-hybridized carbons (Fsp3) is 0.478. The Bertz CT molecular complexity index is 944. The van der Waals surface area contributed by atoms with Crippen LogP contribution in [0.15, 0.2) is 35.2 Å². The average Bonchev–Trinajstić information content (AvgIpc) is 3.43. The third-order valence-electron chi connectivity index (χ3n) is 5.68. The Morgan fingerprint density at radius 2 is 1.86 bits per heavy atom. The normalized spacial score (nSPS) is 14.1. The van der Waals surface area contributed by atoms with E-state index in [0.717, 1.165) is 30.1 Å². The Hall–Kier alpha value is -2.01. The van der Waals surface area contributed by atoms with Crippen molar-refractivity contribution in [3.05, 3.63) is 47.4 Å². The molecule has 0 atom stereocenters. The maximum absolute atomic E-state index is 6.21. The van der Waals surface area contributed by atoms with Gasteiger partial charge in [0.25, 0.3) is 0 Å². The number of hydrogen-bond donors (Lipinski definition) is 1. The number of benzene rings is 1. The minimum Gasteiger partial charge on any atom is -0.382 e. The third-order valence-corrected chi connectivity index (χ3v) is 6.78. The van der Waals surface area contributed by atoms with Crippen molar-refractivity contribution in [1.82, 2.24) is 14.5 Å². The topological polar surface area (TPSA) is 56.7 Å². The Kier molecular flexibility index (Phi) is 5.90. The van der Waals surface area contributed by atoms with E-state index in [4.69, 9.17) is 10.7 Å².